The predicted octanol–water partition coefficient (Wildman–Crippen LogP) is 4.59. The Hall–Kier alpha value is -1.62. The van der Waals surface area contributed by atoms with Gasteiger partial charge in [0.2, 0.25) is 0 Å². The zero-order valence-electron chi connectivity index (χ0n) is 14.2. The molecular weight excluding hydrogens is 352 g/mol. The van der Waals surface area contributed by atoms with Crippen molar-refractivity contribution in [2.45, 2.75) is 52.5 Å². The quantitative estimate of drug-likeness (QED) is 0.669. The lowest BCUT2D eigenvalue weighted by Crippen LogP contribution is -2.15. The smallest absolute Gasteiger partial charge is 0.160 e. The molecule has 3 rings (SSSR count). The van der Waals surface area contributed by atoms with Crippen LogP contribution in [0.1, 0.15) is 50.9 Å². The van der Waals surface area contributed by atoms with Crippen LogP contribution in [0.3, 0.4) is 0 Å². The van der Waals surface area contributed by atoms with Gasteiger partial charge in [-0.05, 0) is 34.0 Å². The molecule has 0 aliphatic rings. The summed E-state index contributed by atoms with van der Waals surface area (Å²) in [6, 6.07) is 2.20. The standard InChI is InChI=1S/C18H23BrN4/c1-5-6-13-7-8-22(10-13)12-15-16(18(2,3)4)21-23-11-14(19)9-20-17(15)23/h7-11H,5-6,12H2,1-4H3. The maximum absolute atomic E-state index is 4.79. The first-order valence-electron chi connectivity index (χ1n) is 8.06. The Morgan fingerprint density at radius 1 is 1.22 bits per heavy atom. The molecule has 0 N–H and O–H groups in total. The largest absolute Gasteiger partial charge is 0.349 e. The topological polar surface area (TPSA) is 35.1 Å². The average molecular weight is 375 g/mol. The number of aromatic nitrogens is 4. The summed E-state index contributed by atoms with van der Waals surface area (Å²) in [6.07, 6.45) is 10.5. The van der Waals surface area contributed by atoms with Crippen LogP contribution in [0.5, 0.6) is 0 Å². The van der Waals surface area contributed by atoms with Gasteiger partial charge in [-0.25, -0.2) is 9.50 Å². The van der Waals surface area contributed by atoms with Crippen LogP contribution in [0.4, 0.5) is 0 Å². The van der Waals surface area contributed by atoms with E-state index < -0.39 is 0 Å². The summed E-state index contributed by atoms with van der Waals surface area (Å²) in [5, 5.41) is 4.79. The summed E-state index contributed by atoms with van der Waals surface area (Å²) < 4.78 is 5.06. The van der Waals surface area contributed by atoms with Crippen molar-refractivity contribution in [1.82, 2.24) is 19.2 Å². The van der Waals surface area contributed by atoms with Gasteiger partial charge in [-0.2, -0.15) is 5.10 Å². The van der Waals surface area contributed by atoms with Gasteiger partial charge in [0.15, 0.2) is 5.65 Å². The lowest BCUT2D eigenvalue weighted by Gasteiger charge is -2.17. The summed E-state index contributed by atoms with van der Waals surface area (Å²) in [4.78, 5) is 4.59. The second kappa shape index (κ2) is 6.11. The van der Waals surface area contributed by atoms with Crippen molar-refractivity contribution in [1.29, 1.82) is 0 Å². The number of hydrogen-bond acceptors (Lipinski definition) is 2. The van der Waals surface area contributed by atoms with Crippen LogP contribution in [-0.4, -0.2) is 19.2 Å². The van der Waals surface area contributed by atoms with Crippen LogP contribution < -0.4 is 0 Å². The fourth-order valence-electron chi connectivity index (χ4n) is 2.92. The van der Waals surface area contributed by atoms with Gasteiger partial charge in [0.1, 0.15) is 0 Å². The van der Waals surface area contributed by atoms with Crippen molar-refractivity contribution in [3.05, 3.63) is 52.1 Å². The molecule has 5 heteroatoms. The third-order valence-corrected chi connectivity index (χ3v) is 4.35. The van der Waals surface area contributed by atoms with Gasteiger partial charge in [0.05, 0.1) is 16.7 Å². The highest BCUT2D eigenvalue weighted by molar-refractivity contribution is 9.10. The minimum Gasteiger partial charge on any atom is -0.349 e. The monoisotopic (exact) mass is 374 g/mol. The molecule has 4 nitrogen and oxygen atoms in total. The molecule has 0 radical (unpaired) electrons. The van der Waals surface area contributed by atoms with Crippen molar-refractivity contribution in [3.63, 3.8) is 0 Å². The van der Waals surface area contributed by atoms with E-state index in [9.17, 15) is 0 Å². The summed E-state index contributed by atoms with van der Waals surface area (Å²) >= 11 is 3.48. The van der Waals surface area contributed by atoms with Crippen molar-refractivity contribution >= 4 is 21.6 Å². The maximum Gasteiger partial charge on any atom is 0.160 e. The molecule has 0 unspecified atom stereocenters. The number of aryl methyl sites for hydroxylation is 1. The third-order valence-electron chi connectivity index (χ3n) is 3.94. The molecule has 3 aromatic heterocycles. The number of hydrogen-bond donors (Lipinski definition) is 0. The van der Waals surface area contributed by atoms with Gasteiger partial charge >= 0.3 is 0 Å². The Balaban J connectivity index is 2.06. The number of rotatable bonds is 4. The number of fused-ring (bicyclic) bond motifs is 1. The van der Waals surface area contributed by atoms with Gasteiger partial charge in [0.25, 0.3) is 0 Å². The third kappa shape index (κ3) is 3.34. The lowest BCUT2D eigenvalue weighted by molar-refractivity contribution is 0.553. The molecule has 0 aromatic carbocycles. The molecule has 122 valence electrons. The fourth-order valence-corrected chi connectivity index (χ4v) is 3.21. The van der Waals surface area contributed by atoms with Crippen LogP contribution >= 0.6 is 15.9 Å². The Morgan fingerprint density at radius 3 is 2.70 bits per heavy atom. The molecular formula is C18H23BrN4. The fraction of sp³-hybridized carbons (Fsp3) is 0.444. The minimum absolute atomic E-state index is 0.0189. The molecule has 0 aliphatic heterocycles. The van der Waals surface area contributed by atoms with Crippen LogP contribution in [0, 0.1) is 0 Å². The van der Waals surface area contributed by atoms with Crippen molar-refractivity contribution in [2.75, 3.05) is 0 Å². The second-order valence-electron chi connectivity index (χ2n) is 7.06. The Kier molecular flexibility index (Phi) is 4.32. The van der Waals surface area contributed by atoms with E-state index in [4.69, 9.17) is 5.10 Å². The Morgan fingerprint density at radius 2 is 2.00 bits per heavy atom. The van der Waals surface area contributed by atoms with E-state index in [-0.39, 0.29) is 5.41 Å². The zero-order chi connectivity index (χ0) is 16.6. The Bertz CT molecular complexity index is 823. The van der Waals surface area contributed by atoms with Gasteiger partial charge in [0, 0.05) is 35.8 Å². The molecule has 0 aliphatic carbocycles. The molecule has 0 bridgehead atoms. The first-order valence-corrected chi connectivity index (χ1v) is 8.85. The van der Waals surface area contributed by atoms with Crippen LogP contribution in [-0.2, 0) is 18.4 Å². The first-order chi connectivity index (χ1) is 10.9. The second-order valence-corrected chi connectivity index (χ2v) is 7.98. The van der Waals surface area contributed by atoms with E-state index in [1.807, 2.05) is 16.9 Å². The summed E-state index contributed by atoms with van der Waals surface area (Å²) in [7, 11) is 0. The van der Waals surface area contributed by atoms with E-state index in [2.05, 4.69) is 71.6 Å². The molecule has 0 saturated heterocycles. The summed E-state index contributed by atoms with van der Waals surface area (Å²) in [5.41, 5.74) is 4.60. The average Bonchev–Trinajstić information content (AvgIpc) is 3.04. The highest BCUT2D eigenvalue weighted by Crippen LogP contribution is 2.28. The van der Waals surface area contributed by atoms with E-state index in [0.717, 1.165) is 28.8 Å². The maximum atomic E-state index is 4.79. The molecule has 23 heavy (non-hydrogen) atoms. The zero-order valence-corrected chi connectivity index (χ0v) is 15.8. The number of halogens is 1. The normalized spacial score (nSPS) is 12.2. The van der Waals surface area contributed by atoms with Gasteiger partial charge in [-0.15, -0.1) is 0 Å². The van der Waals surface area contributed by atoms with E-state index in [0.29, 0.717) is 0 Å². The summed E-state index contributed by atoms with van der Waals surface area (Å²) in [5.74, 6) is 0. The van der Waals surface area contributed by atoms with E-state index in [1.165, 1.54) is 17.5 Å². The molecule has 0 spiro atoms. The molecule has 0 fully saturated rings. The van der Waals surface area contributed by atoms with E-state index >= 15 is 0 Å². The molecule has 0 saturated carbocycles. The minimum atomic E-state index is -0.0189. The van der Waals surface area contributed by atoms with E-state index in [1.54, 1.807) is 0 Å². The Labute approximate surface area is 145 Å². The molecule has 3 aromatic rings. The molecule has 0 amide bonds. The predicted molar refractivity (Wildman–Crippen MR) is 96.9 cm³/mol. The van der Waals surface area contributed by atoms with Gasteiger partial charge in [-0.3, -0.25) is 0 Å². The van der Waals surface area contributed by atoms with Gasteiger partial charge < -0.3 is 4.57 Å². The highest BCUT2D eigenvalue weighted by Gasteiger charge is 2.25. The SMILES string of the molecule is CCCc1ccn(Cc2c(C(C)(C)C)nn3cc(Br)cnc23)c1. The van der Waals surface area contributed by atoms with Crippen molar-refractivity contribution < 1.29 is 0 Å². The first kappa shape index (κ1) is 16.2. The summed E-state index contributed by atoms with van der Waals surface area (Å²) in [6.45, 7) is 9.61. The van der Waals surface area contributed by atoms with Crippen LogP contribution in [0.2, 0.25) is 0 Å². The lowest BCUT2D eigenvalue weighted by atomic mass is 9.89. The van der Waals surface area contributed by atoms with Gasteiger partial charge in [-0.1, -0.05) is 34.1 Å². The van der Waals surface area contributed by atoms with Crippen LogP contribution in [0.15, 0.2) is 35.3 Å². The molecule has 0 atom stereocenters. The molecule has 3 heterocycles. The van der Waals surface area contributed by atoms with Crippen molar-refractivity contribution in [3.8, 4) is 0 Å². The van der Waals surface area contributed by atoms with Crippen LogP contribution in [0.25, 0.3) is 5.65 Å². The number of nitrogens with zero attached hydrogens (tertiary/aromatic N) is 4. The van der Waals surface area contributed by atoms with Crippen molar-refractivity contribution in [2.24, 2.45) is 0 Å². The highest BCUT2D eigenvalue weighted by atomic mass is 79.9.